The molecule has 0 saturated heterocycles. The van der Waals surface area contributed by atoms with Crippen molar-refractivity contribution in [1.29, 1.82) is 0 Å². The van der Waals surface area contributed by atoms with Gasteiger partial charge in [0.2, 0.25) is 15.8 Å². The molecule has 2 heterocycles. The van der Waals surface area contributed by atoms with Crippen LogP contribution in [0.5, 0.6) is 0 Å². The molecule has 1 aromatic carbocycles. The van der Waals surface area contributed by atoms with Crippen molar-refractivity contribution in [2.24, 2.45) is 0 Å². The lowest BCUT2D eigenvalue weighted by molar-refractivity contribution is 0.112. The lowest BCUT2D eigenvalue weighted by atomic mass is 9.98. The molecule has 4 rings (SSSR count). The van der Waals surface area contributed by atoms with E-state index in [0.717, 1.165) is 29.4 Å². The molecular weight excluding hydrogens is 454 g/mol. The first-order valence-corrected chi connectivity index (χ1v) is 11.2. The van der Waals surface area contributed by atoms with E-state index in [9.17, 15) is 17.2 Å². The fourth-order valence-corrected chi connectivity index (χ4v) is 5.65. The van der Waals surface area contributed by atoms with E-state index >= 15 is 0 Å². The minimum atomic E-state index is -3.71. The van der Waals surface area contributed by atoms with E-state index in [4.69, 9.17) is 15.0 Å². The molecule has 0 amide bonds. The third kappa shape index (κ3) is 5.27. The summed E-state index contributed by atoms with van der Waals surface area (Å²) >= 11 is 0.966. The fraction of sp³-hybridized carbons (Fsp3) is 0.263. The summed E-state index contributed by atoms with van der Waals surface area (Å²) < 4.78 is 58.0. The molecule has 0 aliphatic heterocycles. The van der Waals surface area contributed by atoms with Gasteiger partial charge in [0.1, 0.15) is 9.90 Å². The van der Waals surface area contributed by atoms with Gasteiger partial charge in [-0.3, -0.25) is 0 Å². The predicted octanol–water partition coefficient (Wildman–Crippen LogP) is 4.57. The summed E-state index contributed by atoms with van der Waals surface area (Å²) in [5, 5.41) is 17.5. The van der Waals surface area contributed by atoms with E-state index in [-0.39, 0.29) is 21.4 Å². The molecule has 8 nitrogen and oxygen atoms in total. The Kier molecular flexibility index (Phi) is 6.43. The highest BCUT2D eigenvalue weighted by atomic mass is 32.2. The molecule has 1 fully saturated rings. The molecule has 2 aromatic heterocycles. The van der Waals surface area contributed by atoms with Crippen LogP contribution in [0.1, 0.15) is 31.1 Å². The van der Waals surface area contributed by atoms with Crippen molar-refractivity contribution in [1.82, 2.24) is 9.88 Å². The van der Waals surface area contributed by atoms with Crippen molar-refractivity contribution in [2.45, 2.75) is 35.4 Å². The second-order valence-electron chi connectivity index (χ2n) is 6.98. The number of alkyl halides is 2. The predicted molar refractivity (Wildman–Crippen MR) is 108 cm³/mol. The molecule has 0 spiro atoms. The summed E-state index contributed by atoms with van der Waals surface area (Å²) in [5.41, 5.74) is 1.05. The number of carbonyl (C=O) groups is 1. The monoisotopic (exact) mass is 472 g/mol. The van der Waals surface area contributed by atoms with Crippen LogP contribution in [0.25, 0.3) is 10.6 Å². The van der Waals surface area contributed by atoms with Gasteiger partial charge < -0.3 is 14.7 Å². The van der Waals surface area contributed by atoms with Gasteiger partial charge in [-0.15, -0.1) is 11.3 Å². The van der Waals surface area contributed by atoms with Crippen molar-refractivity contribution in [3.8, 4) is 10.6 Å². The first kappa shape index (κ1) is 22.8. The SMILES string of the molecule is C[C@]1(c2ccccc2)C[C@@H]1NS(=O)(=O)c1ccc(-c2cc(C(F)F)on2)s1.O=C(O)O. The van der Waals surface area contributed by atoms with Crippen LogP contribution in [0.3, 0.4) is 0 Å². The standard InChI is InChI=1S/C18H16F2N2O3S2.CH2O3/c1-18(11-5-3-2-4-6-11)10-15(18)22-27(23,24)16-8-7-14(26-16)12-9-13(17(19)20)25-21-12;2-1(3)4/h2-9,15,17,22H,10H2,1H3;(H2,2,3,4)/t15-,18+;/m0./s1. The van der Waals surface area contributed by atoms with Gasteiger partial charge in [-0.25, -0.2) is 26.7 Å². The van der Waals surface area contributed by atoms with Gasteiger partial charge >= 0.3 is 6.16 Å². The maximum atomic E-state index is 12.7. The Morgan fingerprint density at radius 2 is 1.90 bits per heavy atom. The highest BCUT2D eigenvalue weighted by molar-refractivity contribution is 7.91. The zero-order valence-corrected chi connectivity index (χ0v) is 17.7. The van der Waals surface area contributed by atoms with Gasteiger partial charge in [0.15, 0.2) is 0 Å². The minimum Gasteiger partial charge on any atom is -0.450 e. The highest BCUT2D eigenvalue weighted by Gasteiger charge is 2.53. The van der Waals surface area contributed by atoms with Gasteiger partial charge in [-0.05, 0) is 24.1 Å². The maximum Gasteiger partial charge on any atom is 0.503 e. The summed E-state index contributed by atoms with van der Waals surface area (Å²) in [6.07, 6.45) is -3.88. The fourth-order valence-electron chi connectivity index (χ4n) is 3.03. The summed E-state index contributed by atoms with van der Waals surface area (Å²) in [4.78, 5) is 9.01. The smallest absolute Gasteiger partial charge is 0.450 e. The molecular formula is C19H18F2N2O6S2. The van der Waals surface area contributed by atoms with Gasteiger partial charge in [-0.2, -0.15) is 0 Å². The molecule has 1 aliphatic rings. The van der Waals surface area contributed by atoms with Crippen LogP contribution in [-0.4, -0.2) is 36.0 Å². The quantitative estimate of drug-likeness (QED) is 0.479. The number of rotatable bonds is 6. The average molecular weight is 472 g/mol. The Labute approximate surface area is 180 Å². The molecule has 0 radical (unpaired) electrons. The average Bonchev–Trinajstić information content (AvgIpc) is 3.14. The molecule has 2 atom stereocenters. The highest BCUT2D eigenvalue weighted by Crippen LogP contribution is 2.48. The third-order valence-electron chi connectivity index (χ3n) is 4.81. The van der Waals surface area contributed by atoms with Crippen LogP contribution in [0, 0.1) is 0 Å². The molecule has 0 unspecified atom stereocenters. The number of sulfonamides is 1. The minimum absolute atomic E-state index is 0.112. The van der Waals surface area contributed by atoms with Crippen molar-refractivity contribution >= 4 is 27.5 Å². The third-order valence-corrected chi connectivity index (χ3v) is 7.88. The molecule has 3 aromatic rings. The van der Waals surface area contributed by atoms with Crippen LogP contribution in [0.2, 0.25) is 0 Å². The van der Waals surface area contributed by atoms with E-state index in [1.807, 2.05) is 37.3 Å². The number of benzene rings is 1. The van der Waals surface area contributed by atoms with Crippen molar-refractivity contribution in [3.05, 3.63) is 59.9 Å². The number of aromatic nitrogens is 1. The number of hydrogen-bond acceptors (Lipinski definition) is 6. The number of halogens is 2. The number of hydrogen-bond donors (Lipinski definition) is 3. The van der Waals surface area contributed by atoms with Gasteiger partial charge in [0.05, 0.1) is 4.88 Å². The second-order valence-corrected chi connectivity index (χ2v) is 10.0. The van der Waals surface area contributed by atoms with E-state index < -0.39 is 28.4 Å². The molecule has 166 valence electrons. The molecule has 12 heteroatoms. The largest absolute Gasteiger partial charge is 0.503 e. The van der Waals surface area contributed by atoms with Crippen LogP contribution >= 0.6 is 11.3 Å². The first-order valence-electron chi connectivity index (χ1n) is 8.87. The van der Waals surface area contributed by atoms with Crippen LogP contribution in [0.15, 0.2) is 57.3 Å². The van der Waals surface area contributed by atoms with Crippen molar-refractivity contribution < 1.29 is 36.7 Å². The van der Waals surface area contributed by atoms with Crippen molar-refractivity contribution in [3.63, 3.8) is 0 Å². The van der Waals surface area contributed by atoms with Gasteiger partial charge in [0.25, 0.3) is 6.43 Å². The van der Waals surface area contributed by atoms with E-state index in [0.29, 0.717) is 4.88 Å². The lowest BCUT2D eigenvalue weighted by Gasteiger charge is -2.12. The molecule has 1 saturated carbocycles. The first-order chi connectivity index (χ1) is 14.5. The summed E-state index contributed by atoms with van der Waals surface area (Å²) in [5.74, 6) is -0.544. The summed E-state index contributed by atoms with van der Waals surface area (Å²) in [6.45, 7) is 2.02. The van der Waals surface area contributed by atoms with E-state index in [1.165, 1.54) is 12.1 Å². The molecule has 0 bridgehead atoms. The van der Waals surface area contributed by atoms with E-state index in [2.05, 4.69) is 14.4 Å². The van der Waals surface area contributed by atoms with Crippen LogP contribution in [-0.2, 0) is 15.4 Å². The molecule has 3 N–H and O–H groups in total. The molecule has 31 heavy (non-hydrogen) atoms. The Morgan fingerprint density at radius 3 is 2.48 bits per heavy atom. The Hall–Kier alpha value is -2.83. The lowest BCUT2D eigenvalue weighted by Crippen LogP contribution is -2.29. The number of nitrogens with one attached hydrogen (secondary N) is 1. The van der Waals surface area contributed by atoms with Crippen molar-refractivity contribution in [2.75, 3.05) is 0 Å². The Morgan fingerprint density at radius 1 is 1.26 bits per heavy atom. The molecule has 1 aliphatic carbocycles. The summed E-state index contributed by atoms with van der Waals surface area (Å²) in [7, 11) is -3.71. The zero-order chi connectivity index (χ0) is 22.8. The van der Waals surface area contributed by atoms with E-state index in [1.54, 1.807) is 0 Å². The zero-order valence-electron chi connectivity index (χ0n) is 16.0. The summed E-state index contributed by atoms with van der Waals surface area (Å²) in [6, 6.07) is 13.7. The van der Waals surface area contributed by atoms with Gasteiger partial charge in [-0.1, -0.05) is 42.4 Å². The number of thiophene rings is 1. The Bertz CT molecular complexity index is 1160. The van der Waals surface area contributed by atoms with Gasteiger partial charge in [0, 0.05) is 17.5 Å². The Balaban J connectivity index is 0.000000628. The van der Waals surface area contributed by atoms with Crippen LogP contribution in [0.4, 0.5) is 13.6 Å². The van der Waals surface area contributed by atoms with Crippen LogP contribution < -0.4 is 4.72 Å². The normalized spacial score (nSPS) is 20.2. The number of carboxylic acid groups (broad SMARTS) is 2. The topological polar surface area (TPSA) is 130 Å². The number of nitrogens with zero attached hydrogens (tertiary/aromatic N) is 1. The second kappa shape index (κ2) is 8.73. The maximum absolute atomic E-state index is 12.7.